The molecule has 0 aliphatic heterocycles. The van der Waals surface area contributed by atoms with Crippen molar-refractivity contribution < 1.29 is 23.5 Å². The number of methoxy groups -OCH3 is 1. The molecular formula is C21H18O6. The fourth-order valence-corrected chi connectivity index (χ4v) is 2.65. The third-order valence-electron chi connectivity index (χ3n) is 4.15. The van der Waals surface area contributed by atoms with Gasteiger partial charge in [0.15, 0.2) is 17.4 Å². The smallest absolute Gasteiger partial charge is 0.351 e. The monoisotopic (exact) mass is 366 g/mol. The average molecular weight is 366 g/mol. The molecule has 0 spiro atoms. The van der Waals surface area contributed by atoms with Crippen molar-refractivity contribution in [3.63, 3.8) is 0 Å². The van der Waals surface area contributed by atoms with E-state index in [1.54, 1.807) is 42.5 Å². The molecule has 2 aromatic carbocycles. The van der Waals surface area contributed by atoms with Gasteiger partial charge in [0.25, 0.3) is 0 Å². The Labute approximate surface area is 155 Å². The van der Waals surface area contributed by atoms with Crippen LogP contribution in [0.25, 0.3) is 11.0 Å². The van der Waals surface area contributed by atoms with Crippen LogP contribution >= 0.6 is 0 Å². The molecule has 0 fully saturated rings. The first-order chi connectivity index (χ1) is 12.9. The Morgan fingerprint density at radius 2 is 1.78 bits per heavy atom. The molecule has 27 heavy (non-hydrogen) atoms. The van der Waals surface area contributed by atoms with Gasteiger partial charge in [-0.1, -0.05) is 42.0 Å². The molecule has 0 radical (unpaired) electrons. The molecule has 0 bridgehead atoms. The third kappa shape index (κ3) is 3.74. The van der Waals surface area contributed by atoms with Crippen molar-refractivity contribution in [2.45, 2.75) is 20.0 Å². The number of hydrogen-bond donors (Lipinski definition) is 0. The van der Waals surface area contributed by atoms with E-state index in [9.17, 15) is 14.4 Å². The molecule has 3 aromatic rings. The summed E-state index contributed by atoms with van der Waals surface area (Å²) in [4.78, 5) is 37.0. The molecular weight excluding hydrogens is 348 g/mol. The van der Waals surface area contributed by atoms with Crippen molar-refractivity contribution in [2.75, 3.05) is 7.11 Å². The van der Waals surface area contributed by atoms with Crippen LogP contribution in [0.4, 0.5) is 0 Å². The SMILES string of the molecule is COc1cccc2cc(C(=O)O[C@@H](C)C(=O)c3ccc(C)cc3)c(=O)oc12. The highest BCUT2D eigenvalue weighted by Crippen LogP contribution is 2.24. The number of hydrogen-bond acceptors (Lipinski definition) is 6. The van der Waals surface area contributed by atoms with Gasteiger partial charge in [0.1, 0.15) is 5.56 Å². The van der Waals surface area contributed by atoms with Gasteiger partial charge in [-0.25, -0.2) is 9.59 Å². The van der Waals surface area contributed by atoms with E-state index in [1.807, 2.05) is 6.92 Å². The number of ether oxygens (including phenoxy) is 2. The second kappa shape index (κ2) is 7.45. The Morgan fingerprint density at radius 1 is 1.07 bits per heavy atom. The Morgan fingerprint density at radius 3 is 2.44 bits per heavy atom. The topological polar surface area (TPSA) is 82.8 Å². The Hall–Kier alpha value is -3.41. The van der Waals surface area contributed by atoms with Crippen molar-refractivity contribution >= 4 is 22.7 Å². The molecule has 0 amide bonds. The molecule has 6 heteroatoms. The summed E-state index contributed by atoms with van der Waals surface area (Å²) in [6.07, 6.45) is -1.04. The van der Waals surface area contributed by atoms with Gasteiger partial charge in [-0.2, -0.15) is 0 Å². The first kappa shape index (κ1) is 18.4. The number of benzene rings is 2. The zero-order chi connectivity index (χ0) is 19.6. The molecule has 0 N–H and O–H groups in total. The summed E-state index contributed by atoms with van der Waals surface area (Å²) in [6.45, 7) is 3.37. The summed E-state index contributed by atoms with van der Waals surface area (Å²) in [7, 11) is 1.45. The molecule has 1 atom stereocenters. The van der Waals surface area contributed by atoms with Crippen LogP contribution in [0.15, 0.2) is 57.7 Å². The molecule has 6 nitrogen and oxygen atoms in total. The van der Waals surface area contributed by atoms with Crippen molar-refractivity contribution in [1.29, 1.82) is 0 Å². The lowest BCUT2D eigenvalue weighted by molar-refractivity contribution is 0.0315. The normalized spacial score (nSPS) is 11.8. The van der Waals surface area contributed by atoms with Crippen LogP contribution in [0, 0.1) is 6.92 Å². The number of para-hydroxylation sites is 1. The molecule has 0 aliphatic carbocycles. The van der Waals surface area contributed by atoms with Crippen LogP contribution in [-0.4, -0.2) is 25.0 Å². The van der Waals surface area contributed by atoms with Crippen LogP contribution in [0.5, 0.6) is 5.75 Å². The summed E-state index contributed by atoms with van der Waals surface area (Å²) >= 11 is 0. The first-order valence-corrected chi connectivity index (χ1v) is 8.33. The predicted molar refractivity (Wildman–Crippen MR) is 99.4 cm³/mol. The van der Waals surface area contributed by atoms with E-state index in [0.29, 0.717) is 16.7 Å². The summed E-state index contributed by atoms with van der Waals surface area (Å²) in [5, 5.41) is 0.512. The van der Waals surface area contributed by atoms with Crippen LogP contribution < -0.4 is 10.4 Å². The van der Waals surface area contributed by atoms with Crippen molar-refractivity contribution in [3.8, 4) is 5.75 Å². The molecule has 138 valence electrons. The molecule has 0 aliphatic rings. The number of aryl methyl sites for hydroxylation is 1. The molecule has 3 rings (SSSR count). The Bertz CT molecular complexity index is 1060. The van der Waals surface area contributed by atoms with Crippen molar-refractivity contribution in [1.82, 2.24) is 0 Å². The Balaban J connectivity index is 1.85. The maximum atomic E-state index is 12.4. The van der Waals surface area contributed by atoms with E-state index in [-0.39, 0.29) is 16.9 Å². The second-order valence-electron chi connectivity index (χ2n) is 6.10. The number of fused-ring (bicyclic) bond motifs is 1. The largest absolute Gasteiger partial charge is 0.493 e. The van der Waals surface area contributed by atoms with Crippen LogP contribution in [0.2, 0.25) is 0 Å². The van der Waals surface area contributed by atoms with E-state index in [2.05, 4.69) is 0 Å². The lowest BCUT2D eigenvalue weighted by Gasteiger charge is -2.12. The molecule has 1 aromatic heterocycles. The summed E-state index contributed by atoms with van der Waals surface area (Å²) in [5.74, 6) is -0.885. The average Bonchev–Trinajstić information content (AvgIpc) is 2.66. The molecule has 0 saturated heterocycles. The summed E-state index contributed by atoms with van der Waals surface area (Å²) < 4.78 is 15.5. The standard InChI is InChI=1S/C21H18O6/c1-12-7-9-14(10-8-12)18(22)13(2)26-20(23)16-11-15-5-4-6-17(25-3)19(15)27-21(16)24/h4-11,13H,1-3H3/t13-/m0/s1. The van der Waals surface area contributed by atoms with Gasteiger partial charge in [-0.15, -0.1) is 0 Å². The maximum absolute atomic E-state index is 12.4. The van der Waals surface area contributed by atoms with E-state index in [4.69, 9.17) is 13.9 Å². The fourth-order valence-electron chi connectivity index (χ4n) is 2.65. The van der Waals surface area contributed by atoms with Gasteiger partial charge in [0.05, 0.1) is 7.11 Å². The zero-order valence-electron chi connectivity index (χ0n) is 15.1. The van der Waals surface area contributed by atoms with E-state index in [1.165, 1.54) is 20.1 Å². The van der Waals surface area contributed by atoms with Gasteiger partial charge in [0.2, 0.25) is 5.78 Å². The quantitative estimate of drug-likeness (QED) is 0.390. The van der Waals surface area contributed by atoms with Crippen molar-refractivity contribution in [3.05, 3.63) is 75.6 Å². The summed E-state index contributed by atoms with van der Waals surface area (Å²) in [6, 6.07) is 13.3. The first-order valence-electron chi connectivity index (χ1n) is 8.33. The lowest BCUT2D eigenvalue weighted by atomic mass is 10.1. The molecule has 0 saturated carbocycles. The number of carbonyl (C=O) groups is 2. The number of ketones is 1. The van der Waals surface area contributed by atoms with Gasteiger partial charge >= 0.3 is 11.6 Å². The fraction of sp³-hybridized carbons (Fsp3) is 0.190. The van der Waals surface area contributed by atoms with E-state index >= 15 is 0 Å². The van der Waals surface area contributed by atoms with Gasteiger partial charge < -0.3 is 13.9 Å². The highest BCUT2D eigenvalue weighted by atomic mass is 16.5. The number of Topliss-reactive ketones (excluding diaryl/α,β-unsaturated/α-hetero) is 1. The van der Waals surface area contributed by atoms with E-state index in [0.717, 1.165) is 5.56 Å². The highest BCUT2D eigenvalue weighted by molar-refractivity contribution is 6.01. The number of esters is 1. The van der Waals surface area contributed by atoms with Gasteiger partial charge in [0, 0.05) is 10.9 Å². The zero-order valence-corrected chi connectivity index (χ0v) is 15.1. The maximum Gasteiger partial charge on any atom is 0.351 e. The highest BCUT2D eigenvalue weighted by Gasteiger charge is 2.23. The number of rotatable bonds is 5. The predicted octanol–water partition coefficient (Wildman–Crippen LogP) is 3.54. The van der Waals surface area contributed by atoms with Crippen molar-refractivity contribution in [2.24, 2.45) is 0 Å². The van der Waals surface area contributed by atoms with E-state index < -0.39 is 17.7 Å². The minimum atomic E-state index is -1.04. The third-order valence-corrected chi connectivity index (χ3v) is 4.15. The summed E-state index contributed by atoms with van der Waals surface area (Å²) in [5.41, 5.74) is 0.549. The Kier molecular flexibility index (Phi) is 5.07. The molecule has 0 unspecified atom stereocenters. The van der Waals surface area contributed by atoms with Crippen LogP contribution in [-0.2, 0) is 4.74 Å². The van der Waals surface area contributed by atoms with Gasteiger partial charge in [-0.3, -0.25) is 4.79 Å². The second-order valence-corrected chi connectivity index (χ2v) is 6.10. The van der Waals surface area contributed by atoms with Crippen LogP contribution in [0.3, 0.4) is 0 Å². The van der Waals surface area contributed by atoms with Gasteiger partial charge in [-0.05, 0) is 26.0 Å². The number of carbonyl (C=O) groups excluding carboxylic acids is 2. The molecule has 1 heterocycles. The van der Waals surface area contributed by atoms with Crippen LogP contribution in [0.1, 0.15) is 33.2 Å². The lowest BCUT2D eigenvalue weighted by Crippen LogP contribution is -2.27. The minimum absolute atomic E-state index is 0.241. The minimum Gasteiger partial charge on any atom is -0.493 e.